The topological polar surface area (TPSA) is 96.8 Å². The maximum absolute atomic E-state index is 5.41. The van der Waals surface area contributed by atoms with E-state index in [-0.39, 0.29) is 0 Å². The quantitative estimate of drug-likeness (QED) is 0.347. The van der Waals surface area contributed by atoms with E-state index in [1.54, 1.807) is 26.5 Å². The lowest BCUT2D eigenvalue weighted by atomic mass is 10.2. The summed E-state index contributed by atoms with van der Waals surface area (Å²) in [7, 11) is 3.22. The fourth-order valence-electron chi connectivity index (χ4n) is 3.00. The Morgan fingerprint density at radius 1 is 0.938 bits per heavy atom. The molecule has 1 aromatic heterocycles. The van der Waals surface area contributed by atoms with E-state index in [9.17, 15) is 0 Å². The van der Waals surface area contributed by atoms with Crippen LogP contribution in [0.5, 0.6) is 11.5 Å². The van der Waals surface area contributed by atoms with Gasteiger partial charge in [-0.15, -0.1) is 0 Å². The average Bonchev–Trinajstić information content (AvgIpc) is 2.84. The van der Waals surface area contributed by atoms with Gasteiger partial charge >= 0.3 is 0 Å². The summed E-state index contributed by atoms with van der Waals surface area (Å²) in [4.78, 5) is 15.6. The molecule has 0 fully saturated rings. The molecule has 1 heterocycles. The number of ether oxygens (including phenoxy) is 2. The Balaban J connectivity index is 1.79. The number of nitrogens with one attached hydrogen (secondary N) is 2. The van der Waals surface area contributed by atoms with E-state index >= 15 is 0 Å². The molecule has 0 aliphatic carbocycles. The van der Waals surface area contributed by atoms with E-state index < -0.39 is 0 Å². The highest BCUT2D eigenvalue weighted by Crippen LogP contribution is 2.23. The summed E-state index contributed by atoms with van der Waals surface area (Å²) >= 11 is 0. The molecule has 2 aromatic carbocycles. The lowest BCUT2D eigenvalue weighted by molar-refractivity contribution is 0.394. The van der Waals surface area contributed by atoms with Gasteiger partial charge < -0.3 is 19.7 Å². The van der Waals surface area contributed by atoms with Crippen LogP contribution in [0.2, 0.25) is 0 Å². The van der Waals surface area contributed by atoms with Crippen molar-refractivity contribution in [2.75, 3.05) is 43.0 Å². The molecule has 32 heavy (non-hydrogen) atoms. The van der Waals surface area contributed by atoms with Crippen molar-refractivity contribution >= 4 is 24.1 Å². The first-order valence-corrected chi connectivity index (χ1v) is 10.5. The average molecular weight is 436 g/mol. The first-order chi connectivity index (χ1) is 15.7. The number of rotatable bonds is 11. The van der Waals surface area contributed by atoms with Gasteiger partial charge in [0.15, 0.2) is 0 Å². The largest absolute Gasteiger partial charge is 0.497 e. The highest BCUT2D eigenvalue weighted by Gasteiger charge is 2.11. The summed E-state index contributed by atoms with van der Waals surface area (Å²) in [5, 5.41) is 7.56. The lowest BCUT2D eigenvalue weighted by Crippen LogP contribution is -2.25. The normalized spacial score (nSPS) is 10.8. The number of hydrazone groups is 1. The zero-order valence-corrected chi connectivity index (χ0v) is 18.9. The second-order valence-corrected chi connectivity index (χ2v) is 6.77. The SMILES string of the molecule is CCN(CC)c1nc(NCc2ccccc2)nc(NN=Cc2ccc(OC)cc2OC)n1. The minimum atomic E-state index is 0.348. The first kappa shape index (κ1) is 22.8. The minimum absolute atomic E-state index is 0.348. The third-order valence-corrected chi connectivity index (χ3v) is 4.77. The number of hydrogen-bond acceptors (Lipinski definition) is 9. The van der Waals surface area contributed by atoms with Crippen LogP contribution in [0, 0.1) is 0 Å². The van der Waals surface area contributed by atoms with Crippen molar-refractivity contribution in [1.29, 1.82) is 0 Å². The Morgan fingerprint density at radius 3 is 2.38 bits per heavy atom. The van der Waals surface area contributed by atoms with Gasteiger partial charge in [0.1, 0.15) is 11.5 Å². The standard InChI is InChI=1S/C23H29N7O2/c1-5-30(6-2)23-27-21(24-15-17-10-8-7-9-11-17)26-22(28-23)29-25-16-18-12-13-19(31-3)14-20(18)32-4/h7-14,16H,5-6,15H2,1-4H3,(H2,24,26,27,28,29). The minimum Gasteiger partial charge on any atom is -0.497 e. The zero-order chi connectivity index (χ0) is 22.8. The molecule has 0 saturated heterocycles. The number of methoxy groups -OCH3 is 2. The van der Waals surface area contributed by atoms with Crippen LogP contribution in [0.25, 0.3) is 0 Å². The second kappa shape index (κ2) is 11.5. The molecular formula is C23H29N7O2. The third-order valence-electron chi connectivity index (χ3n) is 4.77. The Morgan fingerprint density at radius 2 is 1.69 bits per heavy atom. The Kier molecular flexibility index (Phi) is 8.19. The van der Waals surface area contributed by atoms with E-state index in [0.717, 1.165) is 24.2 Å². The van der Waals surface area contributed by atoms with Crippen molar-refractivity contribution in [3.05, 3.63) is 59.7 Å². The number of nitrogens with zero attached hydrogens (tertiary/aromatic N) is 5. The Hall–Kier alpha value is -3.88. The molecule has 9 nitrogen and oxygen atoms in total. The van der Waals surface area contributed by atoms with Gasteiger partial charge in [0, 0.05) is 31.3 Å². The van der Waals surface area contributed by atoms with Crippen molar-refractivity contribution in [1.82, 2.24) is 15.0 Å². The molecule has 0 unspecified atom stereocenters. The van der Waals surface area contributed by atoms with E-state index in [1.807, 2.05) is 42.5 Å². The van der Waals surface area contributed by atoms with E-state index in [2.05, 4.69) is 49.5 Å². The van der Waals surface area contributed by atoms with Crippen LogP contribution < -0.4 is 25.1 Å². The van der Waals surface area contributed by atoms with Gasteiger partial charge in [-0.05, 0) is 31.5 Å². The van der Waals surface area contributed by atoms with Crippen LogP contribution in [0.4, 0.5) is 17.8 Å². The summed E-state index contributed by atoms with van der Waals surface area (Å²) in [5.41, 5.74) is 4.84. The maximum Gasteiger partial charge on any atom is 0.250 e. The number of anilines is 3. The highest BCUT2D eigenvalue weighted by atomic mass is 16.5. The summed E-state index contributed by atoms with van der Waals surface area (Å²) in [6.45, 7) is 6.29. The van der Waals surface area contributed by atoms with E-state index in [4.69, 9.17) is 9.47 Å². The highest BCUT2D eigenvalue weighted by molar-refractivity contribution is 5.84. The van der Waals surface area contributed by atoms with Gasteiger partial charge in [-0.2, -0.15) is 20.1 Å². The molecule has 168 valence electrons. The van der Waals surface area contributed by atoms with Gasteiger partial charge in [-0.25, -0.2) is 5.43 Å². The van der Waals surface area contributed by atoms with Crippen LogP contribution in [-0.2, 0) is 6.54 Å². The third kappa shape index (κ3) is 6.07. The van der Waals surface area contributed by atoms with Gasteiger partial charge in [0.05, 0.1) is 20.4 Å². The van der Waals surface area contributed by atoms with Crippen LogP contribution in [-0.4, -0.2) is 48.5 Å². The van der Waals surface area contributed by atoms with E-state index in [1.165, 1.54) is 0 Å². The second-order valence-electron chi connectivity index (χ2n) is 6.77. The van der Waals surface area contributed by atoms with Gasteiger partial charge in [-0.1, -0.05) is 30.3 Å². The predicted molar refractivity (Wildman–Crippen MR) is 128 cm³/mol. The smallest absolute Gasteiger partial charge is 0.250 e. The summed E-state index contributed by atoms with van der Waals surface area (Å²) < 4.78 is 10.6. The van der Waals surface area contributed by atoms with Crippen molar-refractivity contribution in [3.63, 3.8) is 0 Å². The molecular weight excluding hydrogens is 406 g/mol. The molecule has 0 saturated carbocycles. The molecule has 9 heteroatoms. The number of aromatic nitrogens is 3. The first-order valence-electron chi connectivity index (χ1n) is 10.5. The Bertz CT molecular complexity index is 1020. The predicted octanol–water partition coefficient (Wildman–Crippen LogP) is 3.79. The molecule has 3 rings (SSSR count). The van der Waals surface area contributed by atoms with Gasteiger partial charge in [0.2, 0.25) is 17.8 Å². The van der Waals surface area contributed by atoms with Crippen LogP contribution in [0.1, 0.15) is 25.0 Å². The van der Waals surface area contributed by atoms with Crippen molar-refractivity contribution in [2.24, 2.45) is 5.10 Å². The van der Waals surface area contributed by atoms with Gasteiger partial charge in [0.25, 0.3) is 0 Å². The van der Waals surface area contributed by atoms with Gasteiger partial charge in [-0.3, -0.25) is 0 Å². The van der Waals surface area contributed by atoms with E-state index in [0.29, 0.717) is 35.9 Å². The summed E-state index contributed by atoms with van der Waals surface area (Å²) in [6, 6.07) is 15.6. The number of hydrogen-bond donors (Lipinski definition) is 2. The maximum atomic E-state index is 5.41. The fraction of sp³-hybridized carbons (Fsp3) is 0.304. The summed E-state index contributed by atoms with van der Waals surface area (Å²) in [5.74, 6) is 2.77. The van der Waals surface area contributed by atoms with Crippen molar-refractivity contribution in [2.45, 2.75) is 20.4 Å². The Labute approximate surface area is 188 Å². The molecule has 0 bridgehead atoms. The lowest BCUT2D eigenvalue weighted by Gasteiger charge is -2.19. The molecule has 0 amide bonds. The molecule has 0 aliphatic rings. The molecule has 2 N–H and O–H groups in total. The monoisotopic (exact) mass is 435 g/mol. The summed E-state index contributed by atoms with van der Waals surface area (Å²) in [6.07, 6.45) is 1.65. The van der Waals surface area contributed by atoms with Crippen molar-refractivity contribution < 1.29 is 9.47 Å². The number of benzene rings is 2. The zero-order valence-electron chi connectivity index (χ0n) is 18.9. The van der Waals surface area contributed by atoms with Crippen LogP contribution in [0.15, 0.2) is 53.6 Å². The molecule has 0 spiro atoms. The molecule has 3 aromatic rings. The molecule has 0 radical (unpaired) electrons. The van der Waals surface area contributed by atoms with Crippen LogP contribution >= 0.6 is 0 Å². The van der Waals surface area contributed by atoms with Crippen molar-refractivity contribution in [3.8, 4) is 11.5 Å². The molecule has 0 atom stereocenters. The fourth-order valence-corrected chi connectivity index (χ4v) is 3.00. The molecule has 0 aliphatic heterocycles. The van der Waals surface area contributed by atoms with Crippen LogP contribution in [0.3, 0.4) is 0 Å².